The van der Waals surface area contributed by atoms with Crippen molar-refractivity contribution in [2.75, 3.05) is 13.7 Å². The van der Waals surface area contributed by atoms with Gasteiger partial charge in [-0.2, -0.15) is 0 Å². The van der Waals surface area contributed by atoms with E-state index in [1.165, 1.54) is 7.11 Å². The molecule has 1 rings (SSSR count). The summed E-state index contributed by atoms with van der Waals surface area (Å²) >= 11 is 0. The molecule has 0 heterocycles. The first-order valence-corrected chi connectivity index (χ1v) is 7.75. The molecule has 1 aromatic carbocycles. The Morgan fingerprint density at radius 3 is 2.52 bits per heavy atom. The molecule has 0 saturated carbocycles. The quantitative estimate of drug-likeness (QED) is 0.683. The SMILES string of the molecule is CCCCOc1ccc(C(=O)NC(C)C(C)C(=O)O)cc1OC. The average Bonchev–Trinajstić information content (AvgIpc) is 2.54. The Hall–Kier alpha value is -2.24. The van der Waals surface area contributed by atoms with Crippen LogP contribution in [0.3, 0.4) is 0 Å². The van der Waals surface area contributed by atoms with Gasteiger partial charge in [0.25, 0.3) is 5.91 Å². The zero-order valence-corrected chi connectivity index (χ0v) is 14.1. The maximum atomic E-state index is 12.2. The van der Waals surface area contributed by atoms with Gasteiger partial charge in [0.2, 0.25) is 0 Å². The molecule has 23 heavy (non-hydrogen) atoms. The molecule has 1 aromatic rings. The molecular formula is C17H25NO5. The van der Waals surface area contributed by atoms with Crippen LogP contribution in [0.25, 0.3) is 0 Å². The molecule has 0 aromatic heterocycles. The summed E-state index contributed by atoms with van der Waals surface area (Å²) in [7, 11) is 1.51. The van der Waals surface area contributed by atoms with E-state index in [0.29, 0.717) is 23.7 Å². The Kier molecular flexibility index (Phi) is 7.38. The molecule has 1 amide bonds. The van der Waals surface area contributed by atoms with Gasteiger partial charge < -0.3 is 19.9 Å². The van der Waals surface area contributed by atoms with Gasteiger partial charge in [0.15, 0.2) is 11.5 Å². The number of carboxylic acid groups (broad SMARTS) is 1. The minimum absolute atomic E-state index is 0.344. The van der Waals surface area contributed by atoms with E-state index in [2.05, 4.69) is 12.2 Å². The summed E-state index contributed by atoms with van der Waals surface area (Å²) in [5.74, 6) is -0.895. The van der Waals surface area contributed by atoms with Gasteiger partial charge in [0.1, 0.15) is 0 Å². The number of ether oxygens (including phenoxy) is 2. The predicted octanol–water partition coefficient (Wildman–Crippen LogP) is 2.71. The minimum atomic E-state index is -0.949. The van der Waals surface area contributed by atoms with Crippen molar-refractivity contribution in [2.45, 2.75) is 39.7 Å². The second kappa shape index (κ2) is 9.02. The number of unbranched alkanes of at least 4 members (excludes halogenated alkanes) is 1. The number of benzene rings is 1. The Bertz CT molecular complexity index is 544. The third-order valence-electron chi connectivity index (χ3n) is 3.68. The van der Waals surface area contributed by atoms with Crippen LogP contribution in [0.4, 0.5) is 0 Å². The van der Waals surface area contributed by atoms with E-state index in [9.17, 15) is 9.59 Å². The van der Waals surface area contributed by atoms with Crippen molar-refractivity contribution < 1.29 is 24.2 Å². The number of hydrogen-bond donors (Lipinski definition) is 2. The van der Waals surface area contributed by atoms with Gasteiger partial charge in [0, 0.05) is 11.6 Å². The molecule has 2 atom stereocenters. The zero-order chi connectivity index (χ0) is 17.4. The lowest BCUT2D eigenvalue weighted by atomic mass is 10.0. The lowest BCUT2D eigenvalue weighted by Crippen LogP contribution is -2.40. The number of hydrogen-bond acceptors (Lipinski definition) is 4. The van der Waals surface area contributed by atoms with Crippen molar-refractivity contribution in [2.24, 2.45) is 5.92 Å². The summed E-state index contributed by atoms with van der Waals surface area (Å²) in [6.45, 7) is 5.88. The maximum absolute atomic E-state index is 12.2. The first-order valence-electron chi connectivity index (χ1n) is 7.75. The molecule has 0 bridgehead atoms. The normalized spacial score (nSPS) is 13.0. The highest BCUT2D eigenvalue weighted by atomic mass is 16.5. The largest absolute Gasteiger partial charge is 0.493 e. The van der Waals surface area contributed by atoms with Gasteiger partial charge in [-0.1, -0.05) is 13.3 Å². The minimum Gasteiger partial charge on any atom is -0.493 e. The molecule has 0 aliphatic carbocycles. The van der Waals surface area contributed by atoms with E-state index in [4.69, 9.17) is 14.6 Å². The zero-order valence-electron chi connectivity index (χ0n) is 14.1. The fourth-order valence-electron chi connectivity index (χ4n) is 1.88. The molecule has 6 nitrogen and oxygen atoms in total. The smallest absolute Gasteiger partial charge is 0.308 e. The van der Waals surface area contributed by atoms with Crippen LogP contribution in [0.15, 0.2) is 18.2 Å². The maximum Gasteiger partial charge on any atom is 0.308 e. The fraction of sp³-hybridized carbons (Fsp3) is 0.529. The van der Waals surface area contributed by atoms with E-state index in [1.807, 2.05) is 0 Å². The van der Waals surface area contributed by atoms with Crippen LogP contribution in [0.5, 0.6) is 11.5 Å². The number of methoxy groups -OCH3 is 1. The molecule has 2 N–H and O–H groups in total. The van der Waals surface area contributed by atoms with Gasteiger partial charge in [-0.05, 0) is 38.5 Å². The highest BCUT2D eigenvalue weighted by molar-refractivity contribution is 5.95. The van der Waals surface area contributed by atoms with E-state index in [-0.39, 0.29) is 5.91 Å². The van der Waals surface area contributed by atoms with Crippen LogP contribution in [0.2, 0.25) is 0 Å². The number of nitrogens with one attached hydrogen (secondary N) is 1. The van der Waals surface area contributed by atoms with Crippen LogP contribution in [-0.2, 0) is 4.79 Å². The van der Waals surface area contributed by atoms with Crippen LogP contribution in [0.1, 0.15) is 44.0 Å². The van der Waals surface area contributed by atoms with E-state index >= 15 is 0 Å². The number of aliphatic carboxylic acids is 1. The van der Waals surface area contributed by atoms with E-state index < -0.39 is 17.9 Å². The topological polar surface area (TPSA) is 84.9 Å². The van der Waals surface area contributed by atoms with Gasteiger partial charge in [-0.3, -0.25) is 9.59 Å². The van der Waals surface area contributed by atoms with Crippen molar-refractivity contribution in [3.63, 3.8) is 0 Å². The van der Waals surface area contributed by atoms with Crippen molar-refractivity contribution in [3.8, 4) is 11.5 Å². The Morgan fingerprint density at radius 2 is 1.96 bits per heavy atom. The summed E-state index contributed by atoms with van der Waals surface area (Å²) < 4.78 is 10.9. The molecular weight excluding hydrogens is 298 g/mol. The molecule has 0 spiro atoms. The molecule has 6 heteroatoms. The van der Waals surface area contributed by atoms with E-state index in [1.54, 1.807) is 32.0 Å². The summed E-state index contributed by atoms with van der Waals surface area (Å²) in [4.78, 5) is 23.2. The van der Waals surface area contributed by atoms with Crippen molar-refractivity contribution in [3.05, 3.63) is 23.8 Å². The summed E-state index contributed by atoms with van der Waals surface area (Å²) in [5, 5.41) is 11.7. The van der Waals surface area contributed by atoms with Gasteiger partial charge in [-0.15, -0.1) is 0 Å². The lowest BCUT2D eigenvalue weighted by molar-refractivity contribution is -0.141. The third-order valence-corrected chi connectivity index (χ3v) is 3.68. The predicted molar refractivity (Wildman–Crippen MR) is 87.1 cm³/mol. The Balaban J connectivity index is 2.80. The van der Waals surface area contributed by atoms with Gasteiger partial charge in [-0.25, -0.2) is 0 Å². The van der Waals surface area contributed by atoms with Crippen molar-refractivity contribution >= 4 is 11.9 Å². The first-order chi connectivity index (χ1) is 10.9. The summed E-state index contributed by atoms with van der Waals surface area (Å²) in [6.07, 6.45) is 1.97. The van der Waals surface area contributed by atoms with Crippen LogP contribution < -0.4 is 14.8 Å². The highest BCUT2D eigenvalue weighted by Crippen LogP contribution is 2.28. The fourth-order valence-corrected chi connectivity index (χ4v) is 1.88. The third kappa shape index (κ3) is 5.47. The molecule has 2 unspecified atom stereocenters. The second-order valence-corrected chi connectivity index (χ2v) is 5.46. The number of amides is 1. The Morgan fingerprint density at radius 1 is 1.26 bits per heavy atom. The van der Waals surface area contributed by atoms with Crippen LogP contribution in [0, 0.1) is 5.92 Å². The summed E-state index contributed by atoms with van der Waals surface area (Å²) in [5.41, 5.74) is 0.397. The van der Waals surface area contributed by atoms with Crippen LogP contribution in [-0.4, -0.2) is 36.7 Å². The number of rotatable bonds is 9. The van der Waals surface area contributed by atoms with Crippen LogP contribution >= 0.6 is 0 Å². The monoisotopic (exact) mass is 323 g/mol. The summed E-state index contributed by atoms with van der Waals surface area (Å²) in [6, 6.07) is 4.44. The molecule has 0 fully saturated rings. The lowest BCUT2D eigenvalue weighted by Gasteiger charge is -2.18. The number of carbonyl (C=O) groups is 2. The molecule has 0 aliphatic rings. The first kappa shape index (κ1) is 18.8. The van der Waals surface area contributed by atoms with Crippen molar-refractivity contribution in [1.82, 2.24) is 5.32 Å². The van der Waals surface area contributed by atoms with Crippen molar-refractivity contribution in [1.29, 1.82) is 0 Å². The van der Waals surface area contributed by atoms with E-state index in [0.717, 1.165) is 12.8 Å². The molecule has 0 saturated heterocycles. The molecule has 128 valence electrons. The number of carboxylic acids is 1. The second-order valence-electron chi connectivity index (χ2n) is 5.46. The van der Waals surface area contributed by atoms with Gasteiger partial charge >= 0.3 is 5.97 Å². The average molecular weight is 323 g/mol. The molecule has 0 radical (unpaired) electrons. The molecule has 0 aliphatic heterocycles. The van der Waals surface area contributed by atoms with Gasteiger partial charge in [0.05, 0.1) is 19.6 Å². The highest BCUT2D eigenvalue weighted by Gasteiger charge is 2.22. The standard InChI is InChI=1S/C17H25NO5/c1-5-6-9-23-14-8-7-13(10-15(14)22-4)16(19)18-12(3)11(2)17(20)21/h7-8,10-12H,5-6,9H2,1-4H3,(H,18,19)(H,20,21). The number of carbonyl (C=O) groups excluding carboxylic acids is 1. The Labute approximate surface area is 136 Å².